The second-order valence-electron chi connectivity index (χ2n) is 5.70. The van der Waals surface area contributed by atoms with Crippen molar-refractivity contribution in [1.82, 2.24) is 8.61 Å². The van der Waals surface area contributed by atoms with Crippen molar-refractivity contribution in [1.29, 1.82) is 0 Å². The minimum atomic E-state index is -3.44. The number of benzene rings is 1. The van der Waals surface area contributed by atoms with Crippen molar-refractivity contribution < 1.29 is 13.2 Å². The van der Waals surface area contributed by atoms with Crippen LogP contribution in [0.5, 0.6) is 0 Å². The Morgan fingerprint density at radius 1 is 1.12 bits per heavy atom. The Bertz CT molecular complexity index is 732. The number of rotatable bonds is 4. The SMILES string of the molecule is CN(C)S(=O)(=O)N1CCC(C(=O)Nc2cc(Cl)c(Cl)cc2Cl)CC1. The third-order valence-electron chi connectivity index (χ3n) is 3.88. The summed E-state index contributed by atoms with van der Waals surface area (Å²) >= 11 is 17.8. The van der Waals surface area contributed by atoms with E-state index in [1.54, 1.807) is 0 Å². The Balaban J connectivity index is 2.00. The largest absolute Gasteiger partial charge is 0.324 e. The minimum absolute atomic E-state index is 0.211. The van der Waals surface area contributed by atoms with Gasteiger partial charge in [-0.05, 0) is 25.0 Å². The van der Waals surface area contributed by atoms with Crippen molar-refractivity contribution in [3.63, 3.8) is 0 Å². The van der Waals surface area contributed by atoms with Crippen LogP contribution in [0.1, 0.15) is 12.8 Å². The fourth-order valence-corrected chi connectivity index (χ4v) is 4.16. The second kappa shape index (κ2) is 7.76. The number of hydrogen-bond donors (Lipinski definition) is 1. The van der Waals surface area contributed by atoms with Crippen LogP contribution >= 0.6 is 34.8 Å². The Labute approximate surface area is 156 Å². The average molecular weight is 415 g/mol. The first-order valence-corrected chi connectivity index (χ1v) is 9.79. The highest BCUT2D eigenvalue weighted by Gasteiger charge is 2.32. The van der Waals surface area contributed by atoms with Crippen LogP contribution in [0.2, 0.25) is 15.1 Å². The highest BCUT2D eigenvalue weighted by Crippen LogP contribution is 2.33. The van der Waals surface area contributed by atoms with Gasteiger partial charge in [-0.25, -0.2) is 0 Å². The molecule has 0 bridgehead atoms. The molecule has 6 nitrogen and oxygen atoms in total. The van der Waals surface area contributed by atoms with Crippen molar-refractivity contribution in [3.8, 4) is 0 Å². The van der Waals surface area contributed by atoms with E-state index in [-0.39, 0.29) is 11.8 Å². The maximum atomic E-state index is 12.4. The van der Waals surface area contributed by atoms with Gasteiger partial charge in [0.25, 0.3) is 10.2 Å². The summed E-state index contributed by atoms with van der Waals surface area (Å²) in [6, 6.07) is 2.96. The number of carbonyl (C=O) groups is 1. The molecule has 2 rings (SSSR count). The molecule has 24 heavy (non-hydrogen) atoms. The third-order valence-corrected chi connectivity index (χ3v) is 6.86. The van der Waals surface area contributed by atoms with Gasteiger partial charge in [-0.15, -0.1) is 0 Å². The molecular formula is C14H18Cl3N3O3S. The van der Waals surface area contributed by atoms with E-state index < -0.39 is 10.2 Å². The molecule has 1 aromatic rings. The van der Waals surface area contributed by atoms with E-state index >= 15 is 0 Å². The Morgan fingerprint density at radius 2 is 1.67 bits per heavy atom. The molecule has 0 spiro atoms. The third kappa shape index (κ3) is 4.33. The predicted octanol–water partition coefficient (Wildman–Crippen LogP) is 3.10. The first-order valence-electron chi connectivity index (χ1n) is 7.26. The minimum Gasteiger partial charge on any atom is -0.324 e. The molecule has 1 amide bonds. The lowest BCUT2D eigenvalue weighted by Gasteiger charge is -2.32. The van der Waals surface area contributed by atoms with E-state index in [1.165, 1.54) is 34.8 Å². The quantitative estimate of drug-likeness (QED) is 0.770. The number of anilines is 1. The summed E-state index contributed by atoms with van der Waals surface area (Å²) in [4.78, 5) is 12.4. The van der Waals surface area contributed by atoms with Crippen LogP contribution in [0.15, 0.2) is 12.1 Å². The highest BCUT2D eigenvalue weighted by molar-refractivity contribution is 7.86. The van der Waals surface area contributed by atoms with Gasteiger partial charge in [0.15, 0.2) is 0 Å². The summed E-state index contributed by atoms with van der Waals surface area (Å²) in [5, 5.41) is 3.63. The maximum Gasteiger partial charge on any atom is 0.281 e. The van der Waals surface area contributed by atoms with E-state index in [4.69, 9.17) is 34.8 Å². The molecule has 1 heterocycles. The van der Waals surface area contributed by atoms with Crippen molar-refractivity contribution in [3.05, 3.63) is 27.2 Å². The van der Waals surface area contributed by atoms with Crippen LogP contribution in [-0.4, -0.2) is 50.1 Å². The topological polar surface area (TPSA) is 69.7 Å². The maximum absolute atomic E-state index is 12.4. The van der Waals surface area contributed by atoms with Crippen molar-refractivity contribution in [2.45, 2.75) is 12.8 Å². The predicted molar refractivity (Wildman–Crippen MR) is 97.0 cm³/mol. The molecule has 0 atom stereocenters. The van der Waals surface area contributed by atoms with Crippen molar-refractivity contribution in [2.75, 3.05) is 32.5 Å². The summed E-state index contributed by atoms with van der Waals surface area (Å²) in [5.41, 5.74) is 0.388. The summed E-state index contributed by atoms with van der Waals surface area (Å²) in [7, 11) is -0.470. The Morgan fingerprint density at radius 3 is 2.21 bits per heavy atom. The summed E-state index contributed by atoms with van der Waals surface area (Å²) < 4.78 is 26.7. The van der Waals surface area contributed by atoms with Crippen LogP contribution < -0.4 is 5.32 Å². The van der Waals surface area contributed by atoms with Gasteiger partial charge in [0.2, 0.25) is 5.91 Å². The van der Waals surface area contributed by atoms with Gasteiger partial charge in [0.1, 0.15) is 0 Å². The molecule has 1 N–H and O–H groups in total. The number of carbonyl (C=O) groups excluding carboxylic acids is 1. The second-order valence-corrected chi connectivity index (χ2v) is 9.06. The molecule has 0 aromatic heterocycles. The fourth-order valence-electron chi connectivity index (χ4n) is 2.43. The average Bonchev–Trinajstić information content (AvgIpc) is 2.52. The molecule has 0 aliphatic carbocycles. The number of amides is 1. The van der Waals surface area contributed by atoms with Gasteiger partial charge in [0, 0.05) is 33.1 Å². The summed E-state index contributed by atoms with van der Waals surface area (Å²) in [5.74, 6) is -0.499. The number of halogens is 3. The zero-order chi connectivity index (χ0) is 18.1. The lowest BCUT2D eigenvalue weighted by atomic mass is 9.97. The van der Waals surface area contributed by atoms with Gasteiger partial charge < -0.3 is 5.32 Å². The van der Waals surface area contributed by atoms with E-state index in [9.17, 15) is 13.2 Å². The number of nitrogens with one attached hydrogen (secondary N) is 1. The van der Waals surface area contributed by atoms with Gasteiger partial charge in [-0.3, -0.25) is 4.79 Å². The van der Waals surface area contributed by atoms with Crippen LogP contribution in [0.4, 0.5) is 5.69 Å². The molecule has 1 aliphatic rings. The van der Waals surface area contributed by atoms with Crippen LogP contribution in [0.25, 0.3) is 0 Å². The molecule has 0 unspecified atom stereocenters. The van der Waals surface area contributed by atoms with Crippen LogP contribution in [0.3, 0.4) is 0 Å². The van der Waals surface area contributed by atoms with E-state index in [1.807, 2.05) is 0 Å². The zero-order valence-electron chi connectivity index (χ0n) is 13.2. The van der Waals surface area contributed by atoms with Crippen LogP contribution in [-0.2, 0) is 15.0 Å². The Hall–Kier alpha value is -0.570. The highest BCUT2D eigenvalue weighted by atomic mass is 35.5. The van der Waals surface area contributed by atoms with Gasteiger partial charge in [0.05, 0.1) is 20.8 Å². The number of nitrogens with zero attached hydrogens (tertiary/aromatic N) is 2. The smallest absolute Gasteiger partial charge is 0.281 e. The molecule has 1 aliphatic heterocycles. The molecule has 0 radical (unpaired) electrons. The lowest BCUT2D eigenvalue weighted by Crippen LogP contribution is -2.46. The van der Waals surface area contributed by atoms with E-state index in [0.29, 0.717) is 46.7 Å². The van der Waals surface area contributed by atoms with Crippen molar-refractivity contribution in [2.24, 2.45) is 5.92 Å². The van der Waals surface area contributed by atoms with Gasteiger partial charge in [-0.2, -0.15) is 17.0 Å². The molecule has 1 saturated heterocycles. The summed E-state index contributed by atoms with van der Waals surface area (Å²) in [6.45, 7) is 0.599. The number of piperidine rings is 1. The molecular weight excluding hydrogens is 397 g/mol. The zero-order valence-corrected chi connectivity index (χ0v) is 16.3. The molecule has 1 fully saturated rings. The lowest BCUT2D eigenvalue weighted by molar-refractivity contribution is -0.120. The first-order chi connectivity index (χ1) is 11.1. The fraction of sp³-hybridized carbons (Fsp3) is 0.500. The first kappa shape index (κ1) is 19.8. The van der Waals surface area contributed by atoms with Crippen molar-refractivity contribution >= 4 is 56.6 Å². The van der Waals surface area contributed by atoms with Gasteiger partial charge in [-0.1, -0.05) is 34.8 Å². The van der Waals surface area contributed by atoms with E-state index in [0.717, 1.165) is 0 Å². The normalized spacial score (nSPS) is 17.2. The number of hydrogen-bond acceptors (Lipinski definition) is 3. The molecule has 1 aromatic carbocycles. The monoisotopic (exact) mass is 413 g/mol. The van der Waals surface area contributed by atoms with Crippen LogP contribution in [0, 0.1) is 5.92 Å². The van der Waals surface area contributed by atoms with Gasteiger partial charge >= 0.3 is 0 Å². The summed E-state index contributed by atoms with van der Waals surface area (Å²) in [6.07, 6.45) is 0.885. The molecule has 0 saturated carbocycles. The molecule has 10 heteroatoms. The van der Waals surface area contributed by atoms with E-state index in [2.05, 4.69) is 5.32 Å². The Kier molecular flexibility index (Phi) is 6.39. The molecule has 134 valence electrons. The standard InChI is InChI=1S/C14H18Cl3N3O3S/c1-19(2)24(22,23)20-5-3-9(4-6-20)14(21)18-13-8-11(16)10(15)7-12(13)17/h7-9H,3-6H2,1-2H3,(H,18,21).